The largest absolute Gasteiger partial charge is 0.286 e. The fourth-order valence-corrected chi connectivity index (χ4v) is 3.33. The van der Waals surface area contributed by atoms with Crippen molar-refractivity contribution in [3.63, 3.8) is 0 Å². The lowest BCUT2D eigenvalue weighted by molar-refractivity contribution is 0.490. The maximum atomic E-state index is 11.6. The first-order valence-electron chi connectivity index (χ1n) is 8.72. The maximum Gasteiger partial charge on any atom is 0.261 e. The lowest BCUT2D eigenvalue weighted by atomic mass is 10.0. The highest BCUT2D eigenvalue weighted by Crippen LogP contribution is 2.32. The SMILES string of the molecule is CCc1ccc(-c2ncc(Cl)cc2-c2ccc(S(C)(=O)=O)cc2)cn1.CS(=O)(=O)O. The summed E-state index contributed by atoms with van der Waals surface area (Å²) in [5.74, 6) is 0. The number of pyridine rings is 2. The van der Waals surface area contributed by atoms with Crippen LogP contribution in [0.25, 0.3) is 22.4 Å². The van der Waals surface area contributed by atoms with Gasteiger partial charge in [0.1, 0.15) is 0 Å². The summed E-state index contributed by atoms with van der Waals surface area (Å²) < 4.78 is 49.2. The van der Waals surface area contributed by atoms with Gasteiger partial charge in [-0.3, -0.25) is 14.5 Å². The number of nitrogens with zero attached hydrogens (tertiary/aromatic N) is 2. The van der Waals surface area contributed by atoms with Gasteiger partial charge in [-0.15, -0.1) is 0 Å². The summed E-state index contributed by atoms with van der Waals surface area (Å²) in [6.07, 6.45) is 6.17. The molecule has 3 rings (SSSR count). The standard InChI is InChI=1S/C19H17ClN2O2S.CH4O3S/c1-3-16-7-4-14(11-21-16)19-18(10-15(20)12-22-19)13-5-8-17(9-6-13)25(2,23)24;1-5(2,3)4/h4-12H,3H2,1-2H3;1H3,(H,2,3,4). The quantitative estimate of drug-likeness (QED) is 0.576. The molecule has 0 saturated heterocycles. The van der Waals surface area contributed by atoms with Crippen molar-refractivity contribution in [2.75, 3.05) is 12.5 Å². The number of hydrogen-bond donors (Lipinski definition) is 1. The van der Waals surface area contributed by atoms with Crippen LogP contribution < -0.4 is 0 Å². The Labute approximate surface area is 181 Å². The van der Waals surface area contributed by atoms with Crippen LogP contribution in [0.2, 0.25) is 5.02 Å². The molecule has 0 aliphatic rings. The molecule has 2 aromatic heterocycles. The third-order valence-corrected chi connectivity index (χ3v) is 5.24. The van der Waals surface area contributed by atoms with E-state index in [0.717, 1.165) is 34.5 Å². The third-order valence-electron chi connectivity index (χ3n) is 3.91. The number of aromatic nitrogens is 2. The van der Waals surface area contributed by atoms with Crippen LogP contribution in [-0.4, -0.2) is 43.9 Å². The Bertz CT molecular complexity index is 1220. The molecule has 1 N–H and O–H groups in total. The van der Waals surface area contributed by atoms with E-state index in [4.69, 9.17) is 16.2 Å². The Morgan fingerprint density at radius 2 is 1.47 bits per heavy atom. The highest BCUT2D eigenvalue weighted by Gasteiger charge is 2.12. The van der Waals surface area contributed by atoms with E-state index in [1.165, 1.54) is 6.26 Å². The summed E-state index contributed by atoms with van der Waals surface area (Å²) in [6, 6.07) is 12.5. The molecule has 0 unspecified atom stereocenters. The van der Waals surface area contributed by atoms with E-state index in [9.17, 15) is 16.8 Å². The van der Waals surface area contributed by atoms with Crippen LogP contribution in [0.1, 0.15) is 12.6 Å². The molecule has 1 aromatic carbocycles. The minimum Gasteiger partial charge on any atom is -0.286 e. The Balaban J connectivity index is 0.000000575. The molecule has 0 fully saturated rings. The smallest absolute Gasteiger partial charge is 0.261 e. The van der Waals surface area contributed by atoms with Crippen molar-refractivity contribution in [2.24, 2.45) is 0 Å². The first-order chi connectivity index (χ1) is 13.9. The second-order valence-electron chi connectivity index (χ2n) is 6.47. The van der Waals surface area contributed by atoms with Gasteiger partial charge in [-0.25, -0.2) is 8.42 Å². The fourth-order valence-electron chi connectivity index (χ4n) is 2.54. The minimum absolute atomic E-state index is 0.279. The topological polar surface area (TPSA) is 114 Å². The van der Waals surface area contributed by atoms with Gasteiger partial charge in [0.05, 0.1) is 21.9 Å². The number of halogens is 1. The van der Waals surface area contributed by atoms with Crippen LogP contribution in [0, 0.1) is 0 Å². The van der Waals surface area contributed by atoms with Gasteiger partial charge in [-0.1, -0.05) is 30.7 Å². The van der Waals surface area contributed by atoms with Gasteiger partial charge in [-0.2, -0.15) is 8.42 Å². The number of rotatable bonds is 4. The molecular weight excluding hydrogens is 448 g/mol. The minimum atomic E-state index is -3.67. The monoisotopic (exact) mass is 468 g/mol. The lowest BCUT2D eigenvalue weighted by Crippen LogP contribution is -1.97. The number of hydrogen-bond acceptors (Lipinski definition) is 6. The zero-order valence-electron chi connectivity index (χ0n) is 16.6. The maximum absolute atomic E-state index is 11.6. The van der Waals surface area contributed by atoms with Crippen LogP contribution in [0.15, 0.2) is 59.8 Å². The van der Waals surface area contributed by atoms with Crippen LogP contribution in [0.5, 0.6) is 0 Å². The average Bonchev–Trinajstić information content (AvgIpc) is 2.66. The molecule has 0 aliphatic heterocycles. The zero-order chi connectivity index (χ0) is 22.5. The first kappa shape index (κ1) is 23.9. The molecule has 0 saturated carbocycles. The number of aryl methyl sites for hydroxylation is 1. The third kappa shape index (κ3) is 7.17. The summed E-state index contributed by atoms with van der Waals surface area (Å²) in [4.78, 5) is 9.17. The van der Waals surface area contributed by atoms with Crippen LogP contribution in [0.3, 0.4) is 0 Å². The fraction of sp³-hybridized carbons (Fsp3) is 0.200. The molecule has 0 radical (unpaired) electrons. The Hall–Kier alpha value is -2.33. The Morgan fingerprint density at radius 3 is 1.93 bits per heavy atom. The van der Waals surface area contributed by atoms with E-state index < -0.39 is 20.0 Å². The molecule has 30 heavy (non-hydrogen) atoms. The summed E-state index contributed by atoms with van der Waals surface area (Å²) in [7, 11) is -6.90. The van der Waals surface area contributed by atoms with E-state index in [1.54, 1.807) is 36.7 Å². The Morgan fingerprint density at radius 1 is 0.900 bits per heavy atom. The molecule has 7 nitrogen and oxygen atoms in total. The normalized spacial score (nSPS) is 11.5. The van der Waals surface area contributed by atoms with Crippen molar-refractivity contribution in [1.29, 1.82) is 0 Å². The van der Waals surface area contributed by atoms with Gasteiger partial charge in [-0.05, 0) is 42.3 Å². The highest BCUT2D eigenvalue weighted by molar-refractivity contribution is 7.90. The predicted molar refractivity (Wildman–Crippen MR) is 118 cm³/mol. The van der Waals surface area contributed by atoms with E-state index in [-0.39, 0.29) is 4.90 Å². The van der Waals surface area contributed by atoms with Gasteiger partial charge in [0, 0.05) is 35.5 Å². The number of benzene rings is 1. The zero-order valence-corrected chi connectivity index (χ0v) is 19.0. The second kappa shape index (κ2) is 9.65. The summed E-state index contributed by atoms with van der Waals surface area (Å²) in [6.45, 7) is 2.05. The summed E-state index contributed by atoms with van der Waals surface area (Å²) in [5, 5.41) is 0.518. The van der Waals surface area contributed by atoms with Crippen LogP contribution >= 0.6 is 11.6 Å². The van der Waals surface area contributed by atoms with Crippen molar-refractivity contribution in [3.05, 3.63) is 65.6 Å². The molecule has 0 aliphatic carbocycles. The molecule has 2 heterocycles. The van der Waals surface area contributed by atoms with Crippen molar-refractivity contribution < 1.29 is 21.4 Å². The number of sulfone groups is 1. The molecule has 0 atom stereocenters. The molecule has 160 valence electrons. The highest BCUT2D eigenvalue weighted by atomic mass is 35.5. The van der Waals surface area contributed by atoms with E-state index >= 15 is 0 Å². The average molecular weight is 469 g/mol. The van der Waals surface area contributed by atoms with Crippen LogP contribution in [-0.2, 0) is 26.4 Å². The summed E-state index contributed by atoms with van der Waals surface area (Å²) in [5.41, 5.74) is 4.33. The molecule has 0 spiro atoms. The van der Waals surface area contributed by atoms with Crippen molar-refractivity contribution in [3.8, 4) is 22.4 Å². The van der Waals surface area contributed by atoms with Gasteiger partial charge < -0.3 is 0 Å². The van der Waals surface area contributed by atoms with Crippen LogP contribution in [0.4, 0.5) is 0 Å². The van der Waals surface area contributed by atoms with Gasteiger partial charge in [0.15, 0.2) is 9.84 Å². The molecule has 0 bridgehead atoms. The van der Waals surface area contributed by atoms with Gasteiger partial charge >= 0.3 is 0 Å². The predicted octanol–water partition coefficient (Wildman–Crippen LogP) is 3.93. The molecule has 10 heteroatoms. The van der Waals surface area contributed by atoms with Gasteiger partial charge in [0.25, 0.3) is 10.1 Å². The van der Waals surface area contributed by atoms with Crippen molar-refractivity contribution in [2.45, 2.75) is 18.2 Å². The molecular formula is C20H21ClN2O5S2. The molecule has 3 aromatic rings. The lowest BCUT2D eigenvalue weighted by Gasteiger charge is -2.10. The Kier molecular flexibility index (Phi) is 7.70. The van der Waals surface area contributed by atoms with Gasteiger partial charge in [0.2, 0.25) is 0 Å². The second-order valence-corrected chi connectivity index (χ2v) is 10.4. The van der Waals surface area contributed by atoms with E-state index in [0.29, 0.717) is 11.3 Å². The first-order valence-corrected chi connectivity index (χ1v) is 12.8. The van der Waals surface area contributed by atoms with E-state index in [2.05, 4.69) is 16.9 Å². The molecule has 0 amide bonds. The van der Waals surface area contributed by atoms with Crippen molar-refractivity contribution >= 4 is 31.6 Å². The summed E-state index contributed by atoms with van der Waals surface area (Å²) >= 11 is 6.13. The van der Waals surface area contributed by atoms with Crippen molar-refractivity contribution in [1.82, 2.24) is 9.97 Å². The van der Waals surface area contributed by atoms with E-state index in [1.807, 2.05) is 18.2 Å².